The van der Waals surface area contributed by atoms with Crippen LogP contribution in [0.15, 0.2) is 0 Å². The van der Waals surface area contributed by atoms with Gasteiger partial charge in [0.1, 0.15) is 7.28 Å². The van der Waals surface area contributed by atoms with Crippen molar-refractivity contribution in [3.8, 4) is 0 Å². The molecule has 0 unspecified atom stereocenters. The normalized spacial score (nSPS) is 37.6. The fourth-order valence-corrected chi connectivity index (χ4v) is 2.34. The third-order valence-corrected chi connectivity index (χ3v) is 2.84. The van der Waals surface area contributed by atoms with Crippen molar-refractivity contribution in [2.45, 2.75) is 50.2 Å². The smallest absolute Gasteiger partial charge is 1.00 e. The summed E-state index contributed by atoms with van der Waals surface area (Å²) in [4.78, 5) is 0. The molecule has 0 atom stereocenters. The predicted molar refractivity (Wildman–Crippen MR) is 42.1 cm³/mol. The second-order valence-electron chi connectivity index (χ2n) is 3.57. The van der Waals surface area contributed by atoms with Crippen LogP contribution in [-0.4, -0.2) is 7.28 Å². The van der Waals surface area contributed by atoms with Crippen LogP contribution in [0.3, 0.4) is 0 Å². The van der Waals surface area contributed by atoms with Crippen molar-refractivity contribution in [1.82, 2.24) is 0 Å². The molecule has 0 aromatic rings. The Labute approximate surface area is 109 Å². The van der Waals surface area contributed by atoms with E-state index in [0.717, 1.165) is 11.6 Å². The summed E-state index contributed by atoms with van der Waals surface area (Å²) in [5, 5.41) is 0. The van der Waals surface area contributed by atoms with Gasteiger partial charge in [-0.3, -0.25) is 0 Å². The Balaban J connectivity index is 0.000000500. The van der Waals surface area contributed by atoms with Crippen molar-refractivity contribution < 1.29 is 52.8 Å². The van der Waals surface area contributed by atoms with Gasteiger partial charge in [0.05, 0.1) is 0 Å². The van der Waals surface area contributed by atoms with E-state index in [4.69, 9.17) is 0 Å². The average Bonchev–Trinajstić information content (AvgIpc) is 1.88. The average molecular weight is 161 g/mol. The van der Waals surface area contributed by atoms with Crippen molar-refractivity contribution in [2.75, 3.05) is 0 Å². The van der Waals surface area contributed by atoms with Crippen LogP contribution in [0.2, 0.25) is 11.6 Å². The van der Waals surface area contributed by atoms with Crippen LogP contribution in [0.5, 0.6) is 0 Å². The Hall–Kier alpha value is 1.70. The molecule has 0 saturated carbocycles. The van der Waals surface area contributed by atoms with Crippen molar-refractivity contribution >= 4 is 7.28 Å². The van der Waals surface area contributed by atoms with E-state index >= 15 is 0 Å². The first-order chi connectivity index (χ1) is 4.45. The molecule has 2 rings (SSSR count). The Kier molecular flexibility index (Phi) is 4.56. The Bertz CT molecular complexity index is 90.3. The summed E-state index contributed by atoms with van der Waals surface area (Å²) in [6, 6.07) is 0. The van der Waals surface area contributed by atoms with E-state index in [1.165, 1.54) is 38.5 Å². The standard InChI is InChI=1S/C8H14B.K.H/c1-3-7-5-2-6-8(4-1)9-7;;/h7-8H,1-6H2;;/q;+1;-1. The maximum atomic E-state index is 2.62. The maximum Gasteiger partial charge on any atom is 1.00 e. The van der Waals surface area contributed by atoms with Gasteiger partial charge >= 0.3 is 51.4 Å². The summed E-state index contributed by atoms with van der Waals surface area (Å²) in [7, 11) is 2.62. The van der Waals surface area contributed by atoms with Crippen LogP contribution in [0.1, 0.15) is 40.0 Å². The second-order valence-corrected chi connectivity index (χ2v) is 3.57. The van der Waals surface area contributed by atoms with Crippen molar-refractivity contribution in [3.05, 3.63) is 0 Å². The van der Waals surface area contributed by atoms with Crippen molar-refractivity contribution in [2.24, 2.45) is 0 Å². The van der Waals surface area contributed by atoms with Gasteiger partial charge in [-0.05, 0) is 0 Å². The van der Waals surface area contributed by atoms with Gasteiger partial charge in [0.15, 0.2) is 0 Å². The zero-order chi connectivity index (χ0) is 6.10. The zero-order valence-corrected chi connectivity index (χ0v) is 10.1. The van der Waals surface area contributed by atoms with Gasteiger partial charge in [-0.2, -0.15) is 0 Å². The largest absolute Gasteiger partial charge is 1.00 e. The molecule has 0 aliphatic carbocycles. The van der Waals surface area contributed by atoms with Gasteiger partial charge in [-0.25, -0.2) is 0 Å². The number of rotatable bonds is 0. The molecule has 0 N–H and O–H groups in total. The van der Waals surface area contributed by atoms with Gasteiger partial charge in [0.25, 0.3) is 0 Å². The van der Waals surface area contributed by atoms with Gasteiger partial charge in [-0.1, -0.05) is 50.2 Å². The molecule has 51 valence electrons. The van der Waals surface area contributed by atoms with E-state index in [9.17, 15) is 0 Å². The minimum absolute atomic E-state index is 0. The second kappa shape index (κ2) is 4.66. The first kappa shape index (κ1) is 9.79. The van der Waals surface area contributed by atoms with Crippen molar-refractivity contribution in [1.29, 1.82) is 0 Å². The fourth-order valence-electron chi connectivity index (χ4n) is 2.34. The van der Waals surface area contributed by atoms with Crippen LogP contribution in [0, 0.1) is 0 Å². The molecule has 0 aromatic carbocycles. The third-order valence-electron chi connectivity index (χ3n) is 2.84. The van der Waals surface area contributed by atoms with E-state index < -0.39 is 0 Å². The molecule has 10 heavy (non-hydrogen) atoms. The molecule has 2 aliphatic rings. The van der Waals surface area contributed by atoms with Gasteiger partial charge in [-0.15, -0.1) is 0 Å². The van der Waals surface area contributed by atoms with Gasteiger partial charge in [0.2, 0.25) is 0 Å². The Morgan fingerprint density at radius 1 is 0.900 bits per heavy atom. The number of hydrogen-bond acceptors (Lipinski definition) is 0. The molecular formula is C8H15BK. The molecule has 2 fully saturated rings. The van der Waals surface area contributed by atoms with Crippen LogP contribution in [0.4, 0.5) is 0 Å². The topological polar surface area (TPSA) is 0 Å². The number of fused-ring (bicyclic) bond motifs is 2. The Morgan fingerprint density at radius 3 is 1.60 bits per heavy atom. The molecule has 2 bridgehead atoms. The number of hydrogen-bond donors (Lipinski definition) is 0. The van der Waals surface area contributed by atoms with E-state index in [2.05, 4.69) is 7.28 Å². The SMILES string of the molecule is [B]1C2CCCC1CCC2.[H-].[K+]. The molecule has 0 amide bonds. The Morgan fingerprint density at radius 2 is 1.30 bits per heavy atom. The van der Waals surface area contributed by atoms with E-state index in [-0.39, 0.29) is 52.8 Å². The minimum atomic E-state index is 0. The van der Waals surface area contributed by atoms with Crippen LogP contribution in [0.25, 0.3) is 0 Å². The predicted octanol–water partition coefficient (Wildman–Crippen LogP) is -0.248. The molecule has 1 radical (unpaired) electrons. The molecule has 0 spiro atoms. The van der Waals surface area contributed by atoms with Gasteiger partial charge in [0, 0.05) is 0 Å². The van der Waals surface area contributed by atoms with E-state index in [1.807, 2.05) is 0 Å². The molecule has 0 aromatic heterocycles. The summed E-state index contributed by atoms with van der Waals surface area (Å²) in [6.07, 6.45) is 9.00. The maximum absolute atomic E-state index is 2.62. The quantitative estimate of drug-likeness (QED) is 0.430. The molecule has 2 heterocycles. The zero-order valence-electron chi connectivity index (χ0n) is 7.97. The van der Waals surface area contributed by atoms with E-state index in [1.54, 1.807) is 0 Å². The van der Waals surface area contributed by atoms with Gasteiger partial charge < -0.3 is 1.43 Å². The molecule has 2 saturated heterocycles. The molecule has 2 heteroatoms. The van der Waals surface area contributed by atoms with Crippen LogP contribution < -0.4 is 51.4 Å². The monoisotopic (exact) mass is 161 g/mol. The third kappa shape index (κ3) is 2.34. The summed E-state index contributed by atoms with van der Waals surface area (Å²) < 4.78 is 0. The molecular weight excluding hydrogens is 146 g/mol. The minimum Gasteiger partial charge on any atom is -1.00 e. The van der Waals surface area contributed by atoms with E-state index in [0.29, 0.717) is 0 Å². The summed E-state index contributed by atoms with van der Waals surface area (Å²) in [5.41, 5.74) is 0. The van der Waals surface area contributed by atoms with Crippen LogP contribution in [-0.2, 0) is 0 Å². The summed E-state index contributed by atoms with van der Waals surface area (Å²) >= 11 is 0. The first-order valence-corrected chi connectivity index (χ1v) is 4.30. The van der Waals surface area contributed by atoms with Crippen molar-refractivity contribution in [3.63, 3.8) is 0 Å². The van der Waals surface area contributed by atoms with Crippen LogP contribution >= 0.6 is 0 Å². The summed E-state index contributed by atoms with van der Waals surface area (Å²) in [5.74, 6) is 2.05. The molecule has 2 aliphatic heterocycles. The fraction of sp³-hybridized carbons (Fsp3) is 1.00. The molecule has 0 nitrogen and oxygen atoms in total. The summed E-state index contributed by atoms with van der Waals surface area (Å²) in [6.45, 7) is 0. The first-order valence-electron chi connectivity index (χ1n) is 4.30.